The maximum Gasteiger partial charge on any atom is 0.255 e. The van der Waals surface area contributed by atoms with E-state index in [1.165, 1.54) is 4.90 Å². The Morgan fingerprint density at radius 3 is 2.50 bits per heavy atom. The summed E-state index contributed by atoms with van der Waals surface area (Å²) in [6.45, 7) is 4.78. The van der Waals surface area contributed by atoms with E-state index in [0.717, 1.165) is 11.8 Å². The maximum atomic E-state index is 13.3. The van der Waals surface area contributed by atoms with Crippen LogP contribution in [0.15, 0.2) is 42.5 Å². The van der Waals surface area contributed by atoms with E-state index in [1.807, 2.05) is 26.0 Å². The Morgan fingerprint density at radius 1 is 1.12 bits per heavy atom. The third kappa shape index (κ3) is 5.59. The Balaban J connectivity index is 1.89. The Kier molecular flexibility index (Phi) is 7.40. The fourth-order valence-electron chi connectivity index (χ4n) is 3.64. The fraction of sp³-hybridized carbons (Fsp3) is 0.391. The number of hydrogen-bond donors (Lipinski definition) is 1. The number of benzene rings is 2. The molecule has 0 bridgehead atoms. The number of amides is 2. The van der Waals surface area contributed by atoms with Crippen LogP contribution in [0.5, 0.6) is 11.5 Å². The van der Waals surface area contributed by atoms with E-state index >= 15 is 0 Å². The molecule has 2 aromatic rings. The summed E-state index contributed by atoms with van der Waals surface area (Å²) in [5, 5.41) is 2.82. The number of nitrogens with one attached hydrogen (secondary N) is 1. The van der Waals surface area contributed by atoms with E-state index in [1.54, 1.807) is 30.3 Å². The molecule has 9 heteroatoms. The number of nitrogens with zero attached hydrogens (tertiary/aromatic N) is 1. The standard InChI is InChI=1S/C23H28N2O6S/c1-4-30-17-10-11-21(31-5-2)19(14-17)24-22(26)20(12-13-32(3,28)29)25-15-16-8-6-7-9-18(16)23(25)27/h6-11,14,20H,4-5,12-13,15H2,1-3H3,(H,24,26)/t20-/m1/s1. The Bertz CT molecular complexity index is 1100. The zero-order valence-electron chi connectivity index (χ0n) is 18.5. The smallest absolute Gasteiger partial charge is 0.255 e. The molecule has 1 atom stereocenters. The summed E-state index contributed by atoms with van der Waals surface area (Å²) < 4.78 is 34.8. The van der Waals surface area contributed by atoms with E-state index in [2.05, 4.69) is 5.32 Å². The van der Waals surface area contributed by atoms with Crippen LogP contribution in [-0.4, -0.2) is 56.4 Å². The lowest BCUT2D eigenvalue weighted by atomic mass is 10.1. The van der Waals surface area contributed by atoms with Gasteiger partial charge in [0.15, 0.2) is 0 Å². The Hall–Kier alpha value is -3.07. The summed E-state index contributed by atoms with van der Waals surface area (Å²) in [4.78, 5) is 27.8. The van der Waals surface area contributed by atoms with Gasteiger partial charge in [-0.1, -0.05) is 18.2 Å². The predicted octanol–water partition coefficient (Wildman–Crippen LogP) is 2.88. The van der Waals surface area contributed by atoms with Gasteiger partial charge in [0.2, 0.25) is 5.91 Å². The summed E-state index contributed by atoms with van der Waals surface area (Å²) in [5.74, 6) is 0.0280. The summed E-state index contributed by atoms with van der Waals surface area (Å²) in [5.41, 5.74) is 1.73. The maximum absolute atomic E-state index is 13.3. The summed E-state index contributed by atoms with van der Waals surface area (Å²) >= 11 is 0. The van der Waals surface area contributed by atoms with Crippen LogP contribution in [0.3, 0.4) is 0 Å². The van der Waals surface area contributed by atoms with Gasteiger partial charge in [0.1, 0.15) is 27.4 Å². The largest absolute Gasteiger partial charge is 0.494 e. The molecule has 0 saturated heterocycles. The lowest BCUT2D eigenvalue weighted by Crippen LogP contribution is -2.45. The summed E-state index contributed by atoms with van der Waals surface area (Å²) in [6, 6.07) is 11.3. The van der Waals surface area contributed by atoms with Crippen molar-refractivity contribution in [1.82, 2.24) is 4.90 Å². The predicted molar refractivity (Wildman–Crippen MR) is 122 cm³/mol. The van der Waals surface area contributed by atoms with Crippen molar-refractivity contribution >= 4 is 27.3 Å². The third-order valence-electron chi connectivity index (χ3n) is 5.11. The number of carbonyl (C=O) groups excluding carboxylic acids is 2. The van der Waals surface area contributed by atoms with Crippen molar-refractivity contribution in [3.63, 3.8) is 0 Å². The number of rotatable bonds is 10. The second-order valence-corrected chi connectivity index (χ2v) is 9.80. The SMILES string of the molecule is CCOc1ccc(OCC)c(NC(=O)[C@@H](CCS(C)(=O)=O)N2Cc3ccccc3C2=O)c1. The van der Waals surface area contributed by atoms with Crippen LogP contribution in [0.4, 0.5) is 5.69 Å². The van der Waals surface area contributed by atoms with Gasteiger partial charge >= 0.3 is 0 Å². The molecular weight excluding hydrogens is 432 g/mol. The van der Waals surface area contributed by atoms with Gasteiger partial charge in [-0.15, -0.1) is 0 Å². The Morgan fingerprint density at radius 2 is 1.84 bits per heavy atom. The molecule has 0 saturated carbocycles. The molecule has 0 fully saturated rings. The zero-order chi connectivity index (χ0) is 23.3. The average Bonchev–Trinajstić information content (AvgIpc) is 3.06. The molecule has 1 heterocycles. The lowest BCUT2D eigenvalue weighted by molar-refractivity contribution is -0.120. The minimum absolute atomic E-state index is 0.0144. The van der Waals surface area contributed by atoms with Crippen molar-refractivity contribution in [2.75, 3.05) is 30.5 Å². The van der Waals surface area contributed by atoms with Crippen LogP contribution < -0.4 is 14.8 Å². The van der Waals surface area contributed by atoms with Gasteiger partial charge in [-0.2, -0.15) is 0 Å². The van der Waals surface area contributed by atoms with Crippen LogP contribution in [0.2, 0.25) is 0 Å². The number of fused-ring (bicyclic) bond motifs is 1. The Labute approximate surface area is 188 Å². The highest BCUT2D eigenvalue weighted by Crippen LogP contribution is 2.31. The average molecular weight is 461 g/mol. The number of hydrogen-bond acceptors (Lipinski definition) is 6. The van der Waals surface area contributed by atoms with E-state index in [9.17, 15) is 18.0 Å². The molecule has 0 aliphatic carbocycles. The number of carbonyl (C=O) groups is 2. The zero-order valence-corrected chi connectivity index (χ0v) is 19.3. The van der Waals surface area contributed by atoms with E-state index in [0.29, 0.717) is 36.0 Å². The van der Waals surface area contributed by atoms with Crippen molar-refractivity contribution in [2.45, 2.75) is 32.9 Å². The molecule has 3 rings (SSSR count). The van der Waals surface area contributed by atoms with Crippen LogP contribution >= 0.6 is 0 Å². The molecule has 1 aliphatic heterocycles. The molecule has 1 aliphatic rings. The van der Waals surface area contributed by atoms with Crippen molar-refractivity contribution in [2.24, 2.45) is 0 Å². The lowest BCUT2D eigenvalue weighted by Gasteiger charge is -2.27. The highest BCUT2D eigenvalue weighted by Gasteiger charge is 2.36. The van der Waals surface area contributed by atoms with Gasteiger partial charge in [-0.25, -0.2) is 8.42 Å². The number of ether oxygens (including phenoxy) is 2. The van der Waals surface area contributed by atoms with E-state index < -0.39 is 21.8 Å². The van der Waals surface area contributed by atoms with E-state index in [4.69, 9.17) is 9.47 Å². The molecule has 172 valence electrons. The van der Waals surface area contributed by atoms with Gasteiger partial charge in [-0.3, -0.25) is 9.59 Å². The number of anilines is 1. The van der Waals surface area contributed by atoms with Crippen LogP contribution in [0, 0.1) is 0 Å². The fourth-order valence-corrected chi connectivity index (χ4v) is 4.29. The molecule has 2 aromatic carbocycles. The normalized spacial score (nSPS) is 14.1. The molecule has 0 spiro atoms. The quantitative estimate of drug-likeness (QED) is 0.585. The summed E-state index contributed by atoms with van der Waals surface area (Å²) in [7, 11) is -3.33. The van der Waals surface area contributed by atoms with E-state index in [-0.39, 0.29) is 24.6 Å². The number of sulfone groups is 1. The molecule has 0 unspecified atom stereocenters. The highest BCUT2D eigenvalue weighted by molar-refractivity contribution is 7.90. The first-order valence-electron chi connectivity index (χ1n) is 10.5. The minimum atomic E-state index is -3.33. The molecule has 8 nitrogen and oxygen atoms in total. The van der Waals surface area contributed by atoms with Gasteiger partial charge in [-0.05, 0) is 44.0 Å². The van der Waals surface area contributed by atoms with Gasteiger partial charge in [0, 0.05) is 24.4 Å². The molecule has 0 radical (unpaired) electrons. The highest BCUT2D eigenvalue weighted by atomic mass is 32.2. The first kappa shape index (κ1) is 23.6. The second kappa shape index (κ2) is 10.0. The van der Waals surface area contributed by atoms with Gasteiger partial charge < -0.3 is 19.7 Å². The van der Waals surface area contributed by atoms with Crippen molar-refractivity contribution in [3.8, 4) is 11.5 Å². The molecular formula is C23H28N2O6S. The third-order valence-corrected chi connectivity index (χ3v) is 6.09. The van der Waals surface area contributed by atoms with Gasteiger partial charge in [0.25, 0.3) is 5.91 Å². The molecule has 0 aromatic heterocycles. The minimum Gasteiger partial charge on any atom is -0.494 e. The molecule has 1 N–H and O–H groups in total. The molecule has 2 amide bonds. The first-order valence-corrected chi connectivity index (χ1v) is 12.6. The molecule has 32 heavy (non-hydrogen) atoms. The van der Waals surface area contributed by atoms with Crippen molar-refractivity contribution in [1.29, 1.82) is 0 Å². The summed E-state index contributed by atoms with van der Waals surface area (Å²) in [6.07, 6.45) is 1.10. The van der Waals surface area contributed by atoms with Gasteiger partial charge in [0.05, 0.1) is 24.7 Å². The second-order valence-electron chi connectivity index (χ2n) is 7.54. The monoisotopic (exact) mass is 460 g/mol. The van der Waals surface area contributed by atoms with Crippen molar-refractivity contribution in [3.05, 3.63) is 53.6 Å². The topological polar surface area (TPSA) is 102 Å². The van der Waals surface area contributed by atoms with Crippen molar-refractivity contribution < 1.29 is 27.5 Å². The van der Waals surface area contributed by atoms with Crippen LogP contribution in [-0.2, 0) is 21.2 Å². The first-order chi connectivity index (χ1) is 15.2. The van der Waals surface area contributed by atoms with Crippen LogP contribution in [0.1, 0.15) is 36.2 Å². The van der Waals surface area contributed by atoms with Crippen LogP contribution in [0.25, 0.3) is 0 Å².